The molecule has 0 bridgehead atoms. The number of aromatic amines is 1. The topological polar surface area (TPSA) is 73.7 Å². The summed E-state index contributed by atoms with van der Waals surface area (Å²) in [5.41, 5.74) is 3.62. The van der Waals surface area contributed by atoms with E-state index < -0.39 is 0 Å². The molecule has 0 aromatic carbocycles. The molecule has 3 aliphatic rings. The van der Waals surface area contributed by atoms with Gasteiger partial charge in [-0.2, -0.15) is 0 Å². The van der Waals surface area contributed by atoms with Crippen LogP contribution in [-0.2, 0) is 17.8 Å². The Morgan fingerprint density at radius 2 is 1.97 bits per heavy atom. The Balaban J connectivity index is 1.35. The zero-order valence-electron chi connectivity index (χ0n) is 17.6. The molecule has 29 heavy (non-hydrogen) atoms. The molecule has 7 nitrogen and oxygen atoms in total. The van der Waals surface area contributed by atoms with Crippen LogP contribution in [0.5, 0.6) is 0 Å². The minimum absolute atomic E-state index is 0.0388. The first kappa shape index (κ1) is 18.9. The standard InChI is InChI=1S/C22H31N5O2/c1-13(2)26-9-6-18-17(12-26)22(29)27-20(23-18)11-19(24-27)15-4-7-25(8-5-15)21(28)16-10-14(16)3/h11,13-16,24H,4-10,12H2,1-3H3/t14-,16-/m1/s1. The van der Waals surface area contributed by atoms with Gasteiger partial charge in [0.1, 0.15) is 0 Å². The number of hydrogen-bond donors (Lipinski definition) is 1. The van der Waals surface area contributed by atoms with Crippen molar-refractivity contribution in [1.82, 2.24) is 24.4 Å². The number of H-pyrrole nitrogens is 1. The highest BCUT2D eigenvalue weighted by atomic mass is 16.2. The Bertz CT molecular complexity index is 999. The number of hydrogen-bond acceptors (Lipinski definition) is 4. The number of carbonyl (C=O) groups excluding carboxylic acids is 1. The van der Waals surface area contributed by atoms with Gasteiger partial charge in [0.2, 0.25) is 5.91 Å². The second-order valence-electron chi connectivity index (χ2n) is 9.48. The lowest BCUT2D eigenvalue weighted by Crippen LogP contribution is -2.40. The highest BCUT2D eigenvalue weighted by molar-refractivity contribution is 5.81. The Labute approximate surface area is 171 Å². The van der Waals surface area contributed by atoms with Gasteiger partial charge >= 0.3 is 0 Å². The predicted octanol–water partition coefficient (Wildman–Crippen LogP) is 2.15. The molecule has 7 heteroatoms. The van der Waals surface area contributed by atoms with E-state index in [-0.39, 0.29) is 11.5 Å². The molecule has 0 spiro atoms. The van der Waals surface area contributed by atoms with Crippen molar-refractivity contribution in [3.8, 4) is 0 Å². The van der Waals surface area contributed by atoms with Gasteiger partial charge in [-0.15, -0.1) is 0 Å². The van der Waals surface area contributed by atoms with Crippen LogP contribution in [0.15, 0.2) is 10.9 Å². The van der Waals surface area contributed by atoms with E-state index in [2.05, 4.69) is 30.8 Å². The summed E-state index contributed by atoms with van der Waals surface area (Å²) in [5, 5.41) is 3.33. The van der Waals surface area contributed by atoms with Crippen molar-refractivity contribution in [2.45, 2.75) is 65.0 Å². The average Bonchev–Trinajstić information content (AvgIpc) is 3.29. The molecule has 2 fully saturated rings. The number of rotatable bonds is 3. The summed E-state index contributed by atoms with van der Waals surface area (Å²) in [4.78, 5) is 34.8. The van der Waals surface area contributed by atoms with Crippen LogP contribution in [-0.4, -0.2) is 56.0 Å². The van der Waals surface area contributed by atoms with Gasteiger partial charge in [0, 0.05) is 62.2 Å². The smallest absolute Gasteiger partial charge is 0.277 e. The van der Waals surface area contributed by atoms with Gasteiger partial charge < -0.3 is 4.90 Å². The molecule has 0 unspecified atom stereocenters. The third kappa shape index (κ3) is 3.29. The second-order valence-corrected chi connectivity index (χ2v) is 9.48. The summed E-state index contributed by atoms with van der Waals surface area (Å²) in [5.74, 6) is 1.51. The molecule has 1 amide bonds. The van der Waals surface area contributed by atoms with E-state index in [0.29, 0.717) is 30.3 Å². The Morgan fingerprint density at radius 1 is 1.24 bits per heavy atom. The quantitative estimate of drug-likeness (QED) is 0.861. The van der Waals surface area contributed by atoms with Crippen LogP contribution in [0.1, 0.15) is 62.9 Å². The molecule has 156 valence electrons. The molecule has 1 aliphatic carbocycles. The largest absolute Gasteiger partial charge is 0.342 e. The molecule has 1 saturated heterocycles. The van der Waals surface area contributed by atoms with E-state index in [1.807, 2.05) is 11.0 Å². The number of likely N-dealkylation sites (tertiary alicyclic amines) is 1. The highest BCUT2D eigenvalue weighted by Gasteiger charge is 2.42. The summed E-state index contributed by atoms with van der Waals surface area (Å²) in [6.45, 7) is 9.75. The minimum Gasteiger partial charge on any atom is -0.342 e. The van der Waals surface area contributed by atoms with Crippen LogP contribution in [0.2, 0.25) is 0 Å². The maximum atomic E-state index is 13.1. The van der Waals surface area contributed by atoms with Crippen molar-refractivity contribution >= 4 is 11.6 Å². The average molecular weight is 398 g/mol. The number of amides is 1. The summed E-state index contributed by atoms with van der Waals surface area (Å²) >= 11 is 0. The van der Waals surface area contributed by atoms with Crippen molar-refractivity contribution in [3.05, 3.63) is 33.4 Å². The first-order chi connectivity index (χ1) is 13.9. The normalized spacial score (nSPS) is 25.6. The van der Waals surface area contributed by atoms with Crippen molar-refractivity contribution < 1.29 is 4.79 Å². The maximum absolute atomic E-state index is 13.1. The lowest BCUT2D eigenvalue weighted by molar-refractivity contribution is -0.133. The molecular formula is C22H31N5O2. The van der Waals surface area contributed by atoms with Gasteiger partial charge in [0.25, 0.3) is 5.56 Å². The number of nitrogens with one attached hydrogen (secondary N) is 1. The van der Waals surface area contributed by atoms with Crippen LogP contribution in [0.4, 0.5) is 0 Å². The van der Waals surface area contributed by atoms with E-state index in [4.69, 9.17) is 4.98 Å². The summed E-state index contributed by atoms with van der Waals surface area (Å²) < 4.78 is 1.63. The third-order valence-electron chi connectivity index (χ3n) is 7.21. The van der Waals surface area contributed by atoms with Crippen molar-refractivity contribution in [2.75, 3.05) is 19.6 Å². The number of fused-ring (bicyclic) bond motifs is 2. The van der Waals surface area contributed by atoms with Crippen LogP contribution < -0.4 is 5.56 Å². The molecular weight excluding hydrogens is 366 g/mol. The molecule has 2 aromatic rings. The van der Waals surface area contributed by atoms with Crippen LogP contribution >= 0.6 is 0 Å². The summed E-state index contributed by atoms with van der Waals surface area (Å²) in [7, 11) is 0. The van der Waals surface area contributed by atoms with Gasteiger partial charge in [-0.1, -0.05) is 6.92 Å². The van der Waals surface area contributed by atoms with E-state index in [1.54, 1.807) is 4.52 Å². The number of piperidine rings is 1. The van der Waals surface area contributed by atoms with E-state index in [9.17, 15) is 9.59 Å². The van der Waals surface area contributed by atoms with Crippen molar-refractivity contribution in [1.29, 1.82) is 0 Å². The number of aromatic nitrogens is 3. The van der Waals surface area contributed by atoms with Crippen molar-refractivity contribution in [2.24, 2.45) is 11.8 Å². The van der Waals surface area contributed by atoms with Gasteiger partial charge in [0.15, 0.2) is 5.65 Å². The lowest BCUT2D eigenvalue weighted by Gasteiger charge is -2.31. The molecule has 5 rings (SSSR count). The van der Waals surface area contributed by atoms with E-state index in [0.717, 1.165) is 67.9 Å². The SMILES string of the molecule is CC(C)N1CCc2nc3cc(C4CCN(C(=O)[C@@H]5C[C@H]5C)CC4)[nH]n3c(=O)c2C1. The molecule has 2 aromatic heterocycles. The van der Waals surface area contributed by atoms with Crippen molar-refractivity contribution in [3.63, 3.8) is 0 Å². The van der Waals surface area contributed by atoms with E-state index in [1.165, 1.54) is 0 Å². The van der Waals surface area contributed by atoms with Gasteiger partial charge in [-0.25, -0.2) is 9.50 Å². The number of carbonyl (C=O) groups is 1. The van der Waals surface area contributed by atoms with E-state index >= 15 is 0 Å². The third-order valence-corrected chi connectivity index (χ3v) is 7.21. The fourth-order valence-electron chi connectivity index (χ4n) is 4.98. The van der Waals surface area contributed by atoms with Gasteiger partial charge in [-0.3, -0.25) is 19.6 Å². The summed E-state index contributed by atoms with van der Waals surface area (Å²) in [6, 6.07) is 2.47. The van der Waals surface area contributed by atoms with Gasteiger partial charge in [-0.05, 0) is 39.0 Å². The zero-order chi connectivity index (χ0) is 20.3. The Morgan fingerprint density at radius 3 is 2.62 bits per heavy atom. The Hall–Kier alpha value is -2.15. The monoisotopic (exact) mass is 397 g/mol. The molecule has 4 heterocycles. The molecule has 1 saturated carbocycles. The second kappa shape index (κ2) is 6.97. The predicted molar refractivity (Wildman–Crippen MR) is 111 cm³/mol. The molecule has 2 atom stereocenters. The lowest BCUT2D eigenvalue weighted by atomic mass is 9.93. The first-order valence-corrected chi connectivity index (χ1v) is 11.1. The minimum atomic E-state index is 0.0388. The van der Waals surface area contributed by atoms with Crippen LogP contribution in [0.3, 0.4) is 0 Å². The fourth-order valence-corrected chi connectivity index (χ4v) is 4.98. The molecule has 2 aliphatic heterocycles. The molecule has 1 N–H and O–H groups in total. The van der Waals surface area contributed by atoms with Crippen LogP contribution in [0.25, 0.3) is 5.65 Å². The van der Waals surface area contributed by atoms with Gasteiger partial charge in [0.05, 0.1) is 11.3 Å². The Kier molecular flexibility index (Phi) is 4.53. The molecule has 0 radical (unpaired) electrons. The zero-order valence-corrected chi connectivity index (χ0v) is 17.6. The summed E-state index contributed by atoms with van der Waals surface area (Å²) in [6.07, 6.45) is 3.76. The fraction of sp³-hybridized carbons (Fsp3) is 0.682. The van der Waals surface area contributed by atoms with Crippen LogP contribution in [0, 0.1) is 11.8 Å². The first-order valence-electron chi connectivity index (χ1n) is 11.1. The highest BCUT2D eigenvalue weighted by Crippen LogP contribution is 2.40. The number of nitrogens with zero attached hydrogens (tertiary/aromatic N) is 4. The maximum Gasteiger partial charge on any atom is 0.277 e.